The van der Waals surface area contributed by atoms with Crippen molar-refractivity contribution < 1.29 is 22.7 Å². The van der Waals surface area contributed by atoms with Crippen LogP contribution in [-0.2, 0) is 17.8 Å². The van der Waals surface area contributed by atoms with Crippen LogP contribution in [0.25, 0.3) is 0 Å². The molecule has 0 aromatic carbocycles. The van der Waals surface area contributed by atoms with E-state index in [9.17, 15) is 18.0 Å². The number of hydrogen-bond donors (Lipinski definition) is 1. The summed E-state index contributed by atoms with van der Waals surface area (Å²) in [6.07, 6.45) is -2.68. The first-order chi connectivity index (χ1) is 8.57. The van der Waals surface area contributed by atoms with Crippen LogP contribution >= 0.6 is 0 Å². The van der Waals surface area contributed by atoms with E-state index >= 15 is 0 Å². The third-order valence-electron chi connectivity index (χ3n) is 1.96. The molecule has 1 aromatic heterocycles. The number of nitrogens with zero attached hydrogens (tertiary/aromatic N) is 2. The van der Waals surface area contributed by atoms with Crippen LogP contribution in [0.1, 0.15) is 26.5 Å². The van der Waals surface area contributed by atoms with Crippen molar-refractivity contribution in [2.75, 3.05) is 0 Å². The molecule has 0 aliphatic carbocycles. The summed E-state index contributed by atoms with van der Waals surface area (Å²) < 4.78 is 42.7. The molecule has 5 nitrogen and oxygen atoms in total. The molecule has 1 N–H and O–H groups in total. The minimum atomic E-state index is -4.33. The molecule has 0 unspecified atom stereocenters. The van der Waals surface area contributed by atoms with Gasteiger partial charge in [-0.05, 0) is 20.8 Å². The number of ether oxygens (including phenoxy) is 1. The molecule has 0 aliphatic heterocycles. The molecule has 0 aliphatic rings. The smallest absolute Gasteiger partial charge is 0.407 e. The molecule has 0 atom stereocenters. The molecule has 0 saturated carbocycles. The number of hydrogen-bond acceptors (Lipinski definition) is 3. The Hall–Kier alpha value is -1.73. The maximum Gasteiger partial charge on any atom is 0.407 e. The molecule has 0 spiro atoms. The van der Waals surface area contributed by atoms with E-state index in [-0.39, 0.29) is 12.2 Å². The van der Waals surface area contributed by atoms with Gasteiger partial charge in [0.15, 0.2) is 0 Å². The second-order valence-electron chi connectivity index (χ2n) is 4.98. The van der Waals surface area contributed by atoms with Crippen molar-refractivity contribution in [1.29, 1.82) is 0 Å². The Kier molecular flexibility index (Phi) is 4.43. The van der Waals surface area contributed by atoms with Crippen molar-refractivity contribution in [3.05, 3.63) is 18.2 Å². The van der Waals surface area contributed by atoms with E-state index in [0.717, 1.165) is 10.9 Å². The third kappa shape index (κ3) is 6.12. The SMILES string of the molecule is CC(C)(C)OC(=O)NCc1cncn1CC(F)(F)F. The normalized spacial score (nSPS) is 12.3. The van der Waals surface area contributed by atoms with Gasteiger partial charge in [-0.2, -0.15) is 13.2 Å². The van der Waals surface area contributed by atoms with Crippen molar-refractivity contribution in [2.45, 2.75) is 45.6 Å². The minimum Gasteiger partial charge on any atom is -0.444 e. The Morgan fingerprint density at radius 2 is 2.05 bits per heavy atom. The molecule has 0 radical (unpaired) electrons. The van der Waals surface area contributed by atoms with Gasteiger partial charge >= 0.3 is 12.3 Å². The number of nitrogens with one attached hydrogen (secondary N) is 1. The standard InChI is InChI=1S/C11H16F3N3O2/c1-10(2,3)19-9(18)16-5-8-4-15-7-17(8)6-11(12,13)14/h4,7H,5-6H2,1-3H3,(H,16,18). The summed E-state index contributed by atoms with van der Waals surface area (Å²) in [7, 11) is 0. The molecule has 19 heavy (non-hydrogen) atoms. The Morgan fingerprint density at radius 1 is 1.42 bits per heavy atom. The number of rotatable bonds is 3. The summed E-state index contributed by atoms with van der Waals surface area (Å²) in [6, 6.07) is 0. The van der Waals surface area contributed by atoms with Gasteiger partial charge in [-0.15, -0.1) is 0 Å². The number of amides is 1. The van der Waals surface area contributed by atoms with E-state index in [1.807, 2.05) is 0 Å². The molecule has 0 fully saturated rings. The number of carbonyl (C=O) groups excluding carboxylic acids is 1. The predicted molar refractivity (Wildman–Crippen MR) is 61.4 cm³/mol. The summed E-state index contributed by atoms with van der Waals surface area (Å²) in [6.45, 7) is 3.87. The largest absolute Gasteiger partial charge is 0.444 e. The van der Waals surface area contributed by atoms with Crippen molar-refractivity contribution in [3.8, 4) is 0 Å². The van der Waals surface area contributed by atoms with E-state index in [1.54, 1.807) is 20.8 Å². The number of aromatic nitrogens is 2. The van der Waals surface area contributed by atoms with Crippen LogP contribution in [0.5, 0.6) is 0 Å². The second-order valence-corrected chi connectivity index (χ2v) is 4.98. The van der Waals surface area contributed by atoms with Gasteiger partial charge < -0.3 is 14.6 Å². The topological polar surface area (TPSA) is 56.1 Å². The third-order valence-corrected chi connectivity index (χ3v) is 1.96. The second kappa shape index (κ2) is 5.50. The van der Waals surface area contributed by atoms with Crippen molar-refractivity contribution >= 4 is 6.09 Å². The van der Waals surface area contributed by atoms with Crippen LogP contribution in [0, 0.1) is 0 Å². The summed E-state index contributed by atoms with van der Waals surface area (Å²) >= 11 is 0. The van der Waals surface area contributed by atoms with Crippen molar-refractivity contribution in [2.24, 2.45) is 0 Å². The average molecular weight is 279 g/mol. The van der Waals surface area contributed by atoms with Crippen LogP contribution in [0.2, 0.25) is 0 Å². The summed E-state index contributed by atoms with van der Waals surface area (Å²) in [5.41, 5.74) is -0.404. The quantitative estimate of drug-likeness (QED) is 0.924. The van der Waals surface area contributed by atoms with Gasteiger partial charge in [-0.3, -0.25) is 0 Å². The maximum atomic E-state index is 12.3. The predicted octanol–water partition coefficient (Wildman–Crippen LogP) is 2.47. The lowest BCUT2D eigenvalue weighted by atomic mass is 10.2. The molecule has 1 amide bonds. The number of alkyl halides is 3. The first-order valence-corrected chi connectivity index (χ1v) is 5.59. The fourth-order valence-corrected chi connectivity index (χ4v) is 1.31. The number of alkyl carbamates (subject to hydrolysis) is 1. The van der Waals surface area contributed by atoms with E-state index in [1.165, 1.54) is 6.20 Å². The fourth-order valence-electron chi connectivity index (χ4n) is 1.31. The van der Waals surface area contributed by atoms with Crippen LogP contribution < -0.4 is 5.32 Å². The number of imidazole rings is 1. The van der Waals surface area contributed by atoms with E-state index in [0.29, 0.717) is 0 Å². The van der Waals surface area contributed by atoms with Gasteiger partial charge in [0.05, 0.1) is 18.6 Å². The lowest BCUT2D eigenvalue weighted by Crippen LogP contribution is -2.33. The average Bonchev–Trinajstić information content (AvgIpc) is 2.56. The van der Waals surface area contributed by atoms with Gasteiger partial charge in [-0.1, -0.05) is 0 Å². The fraction of sp³-hybridized carbons (Fsp3) is 0.636. The zero-order valence-electron chi connectivity index (χ0n) is 10.9. The Labute approximate surface area is 108 Å². The molecule has 1 rings (SSSR count). The molecular weight excluding hydrogens is 263 g/mol. The van der Waals surface area contributed by atoms with Crippen molar-refractivity contribution in [3.63, 3.8) is 0 Å². The lowest BCUT2D eigenvalue weighted by molar-refractivity contribution is -0.141. The number of carbonyl (C=O) groups is 1. The van der Waals surface area contributed by atoms with E-state index in [2.05, 4.69) is 10.3 Å². The summed E-state index contributed by atoms with van der Waals surface area (Å²) in [5, 5.41) is 2.38. The van der Waals surface area contributed by atoms with Gasteiger partial charge in [0.1, 0.15) is 12.1 Å². The van der Waals surface area contributed by atoms with Crippen molar-refractivity contribution in [1.82, 2.24) is 14.9 Å². The van der Waals surface area contributed by atoms with Crippen LogP contribution in [0.15, 0.2) is 12.5 Å². The highest BCUT2D eigenvalue weighted by molar-refractivity contribution is 5.67. The first kappa shape index (κ1) is 15.3. The number of halogens is 3. The molecule has 108 valence electrons. The van der Waals surface area contributed by atoms with Crippen LogP contribution in [-0.4, -0.2) is 27.4 Å². The van der Waals surface area contributed by atoms with Gasteiger partial charge in [0, 0.05) is 6.20 Å². The lowest BCUT2D eigenvalue weighted by Gasteiger charge is -2.19. The highest BCUT2D eigenvalue weighted by Crippen LogP contribution is 2.18. The molecular formula is C11H16F3N3O2. The highest BCUT2D eigenvalue weighted by atomic mass is 19.4. The van der Waals surface area contributed by atoms with Gasteiger partial charge in [-0.25, -0.2) is 9.78 Å². The zero-order chi connectivity index (χ0) is 14.7. The van der Waals surface area contributed by atoms with Crippen LogP contribution in [0.4, 0.5) is 18.0 Å². The maximum absolute atomic E-state index is 12.3. The monoisotopic (exact) mass is 279 g/mol. The van der Waals surface area contributed by atoms with E-state index in [4.69, 9.17) is 4.74 Å². The summed E-state index contributed by atoms with van der Waals surface area (Å²) in [5.74, 6) is 0. The highest BCUT2D eigenvalue weighted by Gasteiger charge is 2.28. The minimum absolute atomic E-state index is 0.0784. The zero-order valence-corrected chi connectivity index (χ0v) is 10.9. The molecule has 1 aromatic rings. The molecule has 0 bridgehead atoms. The Morgan fingerprint density at radius 3 is 2.58 bits per heavy atom. The molecule has 0 saturated heterocycles. The van der Waals surface area contributed by atoms with E-state index < -0.39 is 24.4 Å². The van der Waals surface area contributed by atoms with Gasteiger partial charge in [0.2, 0.25) is 0 Å². The van der Waals surface area contributed by atoms with Gasteiger partial charge in [0.25, 0.3) is 0 Å². The first-order valence-electron chi connectivity index (χ1n) is 5.59. The Bertz CT molecular complexity index is 435. The molecule has 1 heterocycles. The van der Waals surface area contributed by atoms with Crippen LogP contribution in [0.3, 0.4) is 0 Å². The Balaban J connectivity index is 2.55. The molecule has 8 heteroatoms. The summed E-state index contributed by atoms with van der Waals surface area (Å²) in [4.78, 5) is 15.0.